The van der Waals surface area contributed by atoms with Crippen molar-refractivity contribution in [2.75, 3.05) is 6.54 Å². The summed E-state index contributed by atoms with van der Waals surface area (Å²) in [5.74, 6) is 0.148. The van der Waals surface area contributed by atoms with Gasteiger partial charge in [0.1, 0.15) is 6.07 Å². The zero-order valence-electron chi connectivity index (χ0n) is 13.7. The molecular weight excluding hydrogens is 326 g/mol. The number of aryl methyl sites for hydroxylation is 1. The molecule has 7 heteroatoms. The standard InChI is InChI=1S/C17H19N3O3S/c1-12-6-8-14(9-7-12)16-19-15(11-18)17(23-16)24(21,22)20-10-4-3-5-13(20)2/h6-9,13H,3-5,10H2,1-2H3/t13-/m0/s1. The molecule has 24 heavy (non-hydrogen) atoms. The lowest BCUT2D eigenvalue weighted by atomic mass is 10.1. The largest absolute Gasteiger partial charge is 0.422 e. The lowest BCUT2D eigenvalue weighted by Crippen LogP contribution is -2.42. The summed E-state index contributed by atoms with van der Waals surface area (Å²) in [5, 5.41) is 8.94. The van der Waals surface area contributed by atoms with Crippen LogP contribution in [0.25, 0.3) is 11.5 Å². The third kappa shape index (κ3) is 2.95. The maximum atomic E-state index is 12.9. The van der Waals surface area contributed by atoms with E-state index in [-0.39, 0.29) is 22.7 Å². The molecule has 1 fully saturated rings. The van der Waals surface area contributed by atoms with Gasteiger partial charge in [-0.25, -0.2) is 8.42 Å². The van der Waals surface area contributed by atoms with E-state index in [2.05, 4.69) is 4.98 Å². The molecule has 0 N–H and O–H groups in total. The summed E-state index contributed by atoms with van der Waals surface area (Å²) in [6.07, 6.45) is 2.62. The minimum atomic E-state index is -3.87. The molecule has 1 aliphatic heterocycles. The highest BCUT2D eigenvalue weighted by Crippen LogP contribution is 2.30. The van der Waals surface area contributed by atoms with Crippen molar-refractivity contribution in [2.24, 2.45) is 0 Å². The van der Waals surface area contributed by atoms with E-state index in [4.69, 9.17) is 4.42 Å². The Morgan fingerprint density at radius 1 is 1.29 bits per heavy atom. The van der Waals surface area contributed by atoms with Crippen LogP contribution in [0.4, 0.5) is 0 Å². The topological polar surface area (TPSA) is 87.2 Å². The maximum Gasteiger partial charge on any atom is 0.279 e. The van der Waals surface area contributed by atoms with Crippen LogP contribution in [0.1, 0.15) is 37.4 Å². The summed E-state index contributed by atoms with van der Waals surface area (Å²) in [6, 6.07) is 9.09. The summed E-state index contributed by atoms with van der Waals surface area (Å²) in [6.45, 7) is 4.27. The summed E-state index contributed by atoms with van der Waals surface area (Å²) in [7, 11) is -3.87. The predicted octanol–water partition coefficient (Wildman–Crippen LogP) is 3.08. The van der Waals surface area contributed by atoms with Crippen molar-refractivity contribution < 1.29 is 12.8 Å². The SMILES string of the molecule is Cc1ccc(-c2nc(C#N)c(S(=O)(=O)N3CCCC[C@@H]3C)o2)cc1. The van der Waals surface area contributed by atoms with Gasteiger partial charge in [-0.1, -0.05) is 24.1 Å². The molecule has 6 nitrogen and oxygen atoms in total. The van der Waals surface area contributed by atoms with Gasteiger partial charge in [-0.3, -0.25) is 0 Å². The second-order valence-corrected chi connectivity index (χ2v) is 7.88. The number of nitriles is 1. The van der Waals surface area contributed by atoms with Crippen molar-refractivity contribution in [3.63, 3.8) is 0 Å². The van der Waals surface area contributed by atoms with Gasteiger partial charge in [-0.2, -0.15) is 14.6 Å². The molecular formula is C17H19N3O3S. The van der Waals surface area contributed by atoms with Gasteiger partial charge in [0.2, 0.25) is 5.89 Å². The molecule has 3 rings (SSSR count). The van der Waals surface area contributed by atoms with Gasteiger partial charge >= 0.3 is 0 Å². The Balaban J connectivity index is 2.04. The molecule has 0 unspecified atom stereocenters. The van der Waals surface area contributed by atoms with Crippen LogP contribution in [-0.4, -0.2) is 30.3 Å². The molecule has 0 radical (unpaired) electrons. The van der Waals surface area contributed by atoms with Crippen LogP contribution in [0.15, 0.2) is 33.8 Å². The van der Waals surface area contributed by atoms with Crippen LogP contribution in [0.2, 0.25) is 0 Å². The van der Waals surface area contributed by atoms with Crippen LogP contribution in [0.5, 0.6) is 0 Å². The van der Waals surface area contributed by atoms with E-state index < -0.39 is 10.0 Å². The third-order valence-corrected chi connectivity index (χ3v) is 6.19. The molecule has 126 valence electrons. The third-order valence-electron chi connectivity index (χ3n) is 4.29. The van der Waals surface area contributed by atoms with Crippen LogP contribution in [0, 0.1) is 18.3 Å². The fourth-order valence-corrected chi connectivity index (χ4v) is 4.59. The quantitative estimate of drug-likeness (QED) is 0.853. The van der Waals surface area contributed by atoms with Crippen LogP contribution in [0.3, 0.4) is 0 Å². The molecule has 0 aliphatic carbocycles. The van der Waals surface area contributed by atoms with Crippen molar-refractivity contribution in [3.8, 4) is 17.5 Å². The first kappa shape index (κ1) is 16.7. The van der Waals surface area contributed by atoms with E-state index >= 15 is 0 Å². The van der Waals surface area contributed by atoms with Gasteiger partial charge < -0.3 is 4.42 Å². The highest BCUT2D eigenvalue weighted by molar-refractivity contribution is 7.89. The summed E-state index contributed by atoms with van der Waals surface area (Å²) in [4.78, 5) is 4.08. The first-order valence-electron chi connectivity index (χ1n) is 7.93. The molecule has 1 aromatic heterocycles. The summed E-state index contributed by atoms with van der Waals surface area (Å²) < 4.78 is 32.8. The Morgan fingerprint density at radius 3 is 2.62 bits per heavy atom. The number of rotatable bonds is 3. The van der Waals surface area contributed by atoms with Crippen molar-refractivity contribution in [3.05, 3.63) is 35.5 Å². The molecule has 1 aromatic carbocycles. The second kappa shape index (κ2) is 6.38. The normalized spacial score (nSPS) is 19.1. The van der Waals surface area contributed by atoms with Gasteiger partial charge in [0.15, 0.2) is 5.69 Å². The average molecular weight is 345 g/mol. The van der Waals surface area contributed by atoms with E-state index in [1.165, 1.54) is 4.31 Å². The van der Waals surface area contributed by atoms with E-state index in [0.29, 0.717) is 12.1 Å². The first-order chi connectivity index (χ1) is 11.4. The van der Waals surface area contributed by atoms with Gasteiger partial charge in [-0.15, -0.1) is 0 Å². The maximum absolute atomic E-state index is 12.9. The average Bonchev–Trinajstić information content (AvgIpc) is 3.01. The summed E-state index contributed by atoms with van der Waals surface area (Å²) in [5.41, 5.74) is 1.52. The number of piperidine rings is 1. The molecule has 1 atom stereocenters. The highest BCUT2D eigenvalue weighted by Gasteiger charge is 2.36. The Morgan fingerprint density at radius 2 is 2.00 bits per heavy atom. The minimum Gasteiger partial charge on any atom is -0.422 e. The van der Waals surface area contributed by atoms with Gasteiger partial charge in [0, 0.05) is 18.2 Å². The zero-order chi connectivity index (χ0) is 17.3. The molecule has 2 heterocycles. The Kier molecular flexibility index (Phi) is 4.43. The highest BCUT2D eigenvalue weighted by atomic mass is 32.2. The lowest BCUT2D eigenvalue weighted by molar-refractivity contribution is 0.262. The Hall–Kier alpha value is -2.17. The van der Waals surface area contributed by atoms with Gasteiger partial charge in [0.05, 0.1) is 0 Å². The molecule has 0 bridgehead atoms. The number of aromatic nitrogens is 1. The number of sulfonamides is 1. The van der Waals surface area contributed by atoms with E-state index in [1.54, 1.807) is 12.1 Å². The molecule has 1 aliphatic rings. The van der Waals surface area contributed by atoms with Crippen molar-refractivity contribution >= 4 is 10.0 Å². The number of hydrogen-bond acceptors (Lipinski definition) is 5. The van der Waals surface area contributed by atoms with E-state index in [0.717, 1.165) is 24.8 Å². The van der Waals surface area contributed by atoms with Crippen LogP contribution in [-0.2, 0) is 10.0 Å². The minimum absolute atomic E-state index is 0.108. The van der Waals surface area contributed by atoms with E-state index in [9.17, 15) is 13.7 Å². The second-order valence-electron chi connectivity index (χ2n) is 6.09. The first-order valence-corrected chi connectivity index (χ1v) is 9.37. The van der Waals surface area contributed by atoms with Crippen molar-refractivity contribution in [1.82, 2.24) is 9.29 Å². The Bertz CT molecular complexity index is 879. The fraction of sp³-hybridized carbons (Fsp3) is 0.412. The van der Waals surface area contributed by atoms with E-state index in [1.807, 2.05) is 32.0 Å². The van der Waals surface area contributed by atoms with Gasteiger partial charge in [-0.05, 0) is 38.8 Å². The molecule has 0 spiro atoms. The molecule has 0 amide bonds. The van der Waals surface area contributed by atoms with Crippen LogP contribution < -0.4 is 0 Å². The number of nitrogens with zero attached hydrogens (tertiary/aromatic N) is 3. The molecule has 1 saturated heterocycles. The number of oxazole rings is 1. The van der Waals surface area contributed by atoms with Crippen molar-refractivity contribution in [2.45, 2.75) is 44.2 Å². The smallest absolute Gasteiger partial charge is 0.279 e. The zero-order valence-corrected chi connectivity index (χ0v) is 14.5. The Labute approximate surface area is 141 Å². The summed E-state index contributed by atoms with van der Waals surface area (Å²) >= 11 is 0. The van der Waals surface area contributed by atoms with Crippen molar-refractivity contribution in [1.29, 1.82) is 5.26 Å². The molecule has 2 aromatic rings. The monoisotopic (exact) mass is 345 g/mol. The fourth-order valence-electron chi connectivity index (χ4n) is 2.91. The molecule has 0 saturated carbocycles. The number of hydrogen-bond donors (Lipinski definition) is 0. The lowest BCUT2D eigenvalue weighted by Gasteiger charge is -2.31. The number of benzene rings is 1. The van der Waals surface area contributed by atoms with Gasteiger partial charge in [0.25, 0.3) is 15.1 Å². The van der Waals surface area contributed by atoms with Crippen LogP contribution >= 0.6 is 0 Å². The predicted molar refractivity (Wildman–Crippen MR) is 88.6 cm³/mol.